The molecule has 0 spiro atoms. The number of benzene rings is 2. The largest absolute Gasteiger partial charge is 0.493 e. The molecule has 0 aromatic heterocycles. The average Bonchev–Trinajstić information content (AvgIpc) is 2.68. The summed E-state index contributed by atoms with van der Waals surface area (Å²) in [7, 11) is 1.16. The Balaban J connectivity index is 2.08. The van der Waals surface area contributed by atoms with Crippen molar-refractivity contribution in [3.8, 4) is 11.5 Å². The molecule has 0 radical (unpaired) electrons. The number of ether oxygens (including phenoxy) is 3. The lowest BCUT2D eigenvalue weighted by Crippen LogP contribution is -2.30. The summed E-state index contributed by atoms with van der Waals surface area (Å²) in [4.78, 5) is 24.2. The van der Waals surface area contributed by atoms with Gasteiger partial charge in [-0.2, -0.15) is 8.78 Å². The van der Waals surface area contributed by atoms with Gasteiger partial charge in [0, 0.05) is 0 Å². The van der Waals surface area contributed by atoms with Gasteiger partial charge in [0.2, 0.25) is 0 Å². The Morgan fingerprint density at radius 2 is 1.69 bits per heavy atom. The molecule has 29 heavy (non-hydrogen) atoms. The SMILES string of the molecule is COc1cc(C(=O)OC(C)C(=O)Nc2ccc(F)c(F)c2F)ccc1OC(F)F. The van der Waals surface area contributed by atoms with Crippen LogP contribution in [0.5, 0.6) is 11.5 Å². The van der Waals surface area contributed by atoms with E-state index < -0.39 is 47.7 Å². The highest BCUT2D eigenvalue weighted by Gasteiger charge is 2.23. The third kappa shape index (κ3) is 5.33. The van der Waals surface area contributed by atoms with Crippen molar-refractivity contribution in [2.24, 2.45) is 0 Å². The van der Waals surface area contributed by atoms with Gasteiger partial charge >= 0.3 is 12.6 Å². The molecule has 2 aromatic rings. The molecule has 1 amide bonds. The van der Waals surface area contributed by atoms with Gasteiger partial charge in [-0.15, -0.1) is 0 Å². The van der Waals surface area contributed by atoms with Crippen LogP contribution in [0.25, 0.3) is 0 Å². The molecule has 0 aliphatic heterocycles. The minimum absolute atomic E-state index is 0.151. The second kappa shape index (κ2) is 9.22. The first-order valence-electron chi connectivity index (χ1n) is 7.92. The summed E-state index contributed by atoms with van der Waals surface area (Å²) in [5.74, 6) is -7.37. The van der Waals surface area contributed by atoms with Crippen LogP contribution in [0, 0.1) is 17.5 Å². The van der Waals surface area contributed by atoms with E-state index in [9.17, 15) is 31.5 Å². The van der Waals surface area contributed by atoms with Crippen LogP contribution in [-0.4, -0.2) is 31.7 Å². The lowest BCUT2D eigenvalue weighted by molar-refractivity contribution is -0.123. The predicted molar refractivity (Wildman–Crippen MR) is 89.4 cm³/mol. The smallest absolute Gasteiger partial charge is 0.387 e. The Morgan fingerprint density at radius 3 is 2.31 bits per heavy atom. The van der Waals surface area contributed by atoms with E-state index in [-0.39, 0.29) is 17.1 Å². The van der Waals surface area contributed by atoms with Gasteiger partial charge in [0.15, 0.2) is 35.1 Å². The Bertz CT molecular complexity index is 922. The molecular formula is C18H14F5NO5. The van der Waals surface area contributed by atoms with Crippen molar-refractivity contribution in [1.82, 2.24) is 0 Å². The summed E-state index contributed by atoms with van der Waals surface area (Å²) in [5, 5.41) is 1.96. The standard InChI is InChI=1S/C18H14F5NO5/c1-8(16(25)24-11-5-4-10(19)14(20)15(11)21)28-17(26)9-3-6-12(29-18(22)23)13(7-9)27-2/h3-8,18H,1-2H3,(H,24,25). The fourth-order valence-corrected chi connectivity index (χ4v) is 2.13. The second-order valence-electron chi connectivity index (χ2n) is 5.50. The number of rotatable bonds is 7. The van der Waals surface area contributed by atoms with Crippen molar-refractivity contribution < 1.29 is 45.8 Å². The number of esters is 1. The highest BCUT2D eigenvalue weighted by Crippen LogP contribution is 2.30. The number of amides is 1. The predicted octanol–water partition coefficient (Wildman–Crippen LogP) is 3.90. The van der Waals surface area contributed by atoms with E-state index in [1.165, 1.54) is 0 Å². The van der Waals surface area contributed by atoms with Crippen LogP contribution in [-0.2, 0) is 9.53 Å². The summed E-state index contributed by atoms with van der Waals surface area (Å²) in [5.41, 5.74) is -0.797. The number of carbonyl (C=O) groups is 2. The number of alkyl halides is 2. The maximum Gasteiger partial charge on any atom is 0.387 e. The molecule has 1 unspecified atom stereocenters. The summed E-state index contributed by atoms with van der Waals surface area (Å²) >= 11 is 0. The fraction of sp³-hybridized carbons (Fsp3) is 0.222. The minimum atomic E-state index is -3.11. The number of anilines is 1. The van der Waals surface area contributed by atoms with E-state index in [0.717, 1.165) is 38.3 Å². The van der Waals surface area contributed by atoms with Gasteiger partial charge in [-0.1, -0.05) is 0 Å². The number of nitrogens with one attached hydrogen (secondary N) is 1. The van der Waals surface area contributed by atoms with Crippen molar-refractivity contribution in [2.75, 3.05) is 12.4 Å². The van der Waals surface area contributed by atoms with Gasteiger partial charge in [-0.25, -0.2) is 18.0 Å². The number of halogens is 5. The average molecular weight is 419 g/mol. The van der Waals surface area contributed by atoms with Crippen LogP contribution < -0.4 is 14.8 Å². The molecule has 0 saturated heterocycles. The number of carbonyl (C=O) groups excluding carboxylic acids is 2. The van der Waals surface area contributed by atoms with Crippen LogP contribution in [0.4, 0.5) is 27.6 Å². The molecule has 0 bridgehead atoms. The van der Waals surface area contributed by atoms with Gasteiger partial charge in [0.05, 0.1) is 18.4 Å². The van der Waals surface area contributed by atoms with Crippen LogP contribution in [0.1, 0.15) is 17.3 Å². The monoisotopic (exact) mass is 419 g/mol. The van der Waals surface area contributed by atoms with Crippen LogP contribution in [0.3, 0.4) is 0 Å². The van der Waals surface area contributed by atoms with Crippen LogP contribution >= 0.6 is 0 Å². The van der Waals surface area contributed by atoms with Crippen molar-refractivity contribution in [3.63, 3.8) is 0 Å². The summed E-state index contributed by atoms with van der Waals surface area (Å²) < 4.78 is 78.3. The summed E-state index contributed by atoms with van der Waals surface area (Å²) in [6.07, 6.45) is -1.46. The molecule has 156 valence electrons. The third-order valence-electron chi connectivity index (χ3n) is 3.56. The maximum absolute atomic E-state index is 13.6. The molecule has 0 saturated carbocycles. The Labute approximate surface area is 161 Å². The molecule has 0 fully saturated rings. The first kappa shape index (κ1) is 21.9. The fourth-order valence-electron chi connectivity index (χ4n) is 2.13. The highest BCUT2D eigenvalue weighted by molar-refractivity contribution is 5.97. The van der Waals surface area contributed by atoms with E-state index in [2.05, 4.69) is 4.74 Å². The summed E-state index contributed by atoms with van der Waals surface area (Å²) in [6, 6.07) is 4.61. The van der Waals surface area contributed by atoms with Crippen molar-refractivity contribution >= 4 is 17.6 Å². The Hall–Kier alpha value is -3.37. The number of methoxy groups -OCH3 is 1. The zero-order valence-corrected chi connectivity index (χ0v) is 15.0. The Morgan fingerprint density at radius 1 is 1.00 bits per heavy atom. The molecule has 0 heterocycles. The molecule has 2 aromatic carbocycles. The summed E-state index contributed by atoms with van der Waals surface area (Å²) in [6.45, 7) is -1.96. The minimum Gasteiger partial charge on any atom is -0.493 e. The lowest BCUT2D eigenvalue weighted by atomic mass is 10.2. The molecular weight excluding hydrogens is 405 g/mol. The highest BCUT2D eigenvalue weighted by atomic mass is 19.3. The number of hydrogen-bond acceptors (Lipinski definition) is 5. The van der Waals surface area contributed by atoms with Crippen molar-refractivity contribution in [3.05, 3.63) is 53.3 Å². The molecule has 0 aliphatic rings. The molecule has 1 N–H and O–H groups in total. The first-order chi connectivity index (χ1) is 13.6. The van der Waals surface area contributed by atoms with Gasteiger partial charge in [0.25, 0.3) is 5.91 Å². The molecule has 6 nitrogen and oxygen atoms in total. The van der Waals surface area contributed by atoms with E-state index in [1.807, 2.05) is 5.32 Å². The van der Waals surface area contributed by atoms with Gasteiger partial charge in [0.1, 0.15) is 0 Å². The van der Waals surface area contributed by atoms with Crippen LogP contribution in [0.2, 0.25) is 0 Å². The lowest BCUT2D eigenvalue weighted by Gasteiger charge is -2.15. The van der Waals surface area contributed by atoms with E-state index in [1.54, 1.807) is 0 Å². The number of hydrogen-bond donors (Lipinski definition) is 1. The van der Waals surface area contributed by atoms with Gasteiger partial charge in [-0.3, -0.25) is 4.79 Å². The Kier molecular flexibility index (Phi) is 6.97. The van der Waals surface area contributed by atoms with Gasteiger partial charge < -0.3 is 19.5 Å². The quantitative estimate of drug-likeness (QED) is 0.419. The molecule has 1 atom stereocenters. The molecule has 2 rings (SSSR count). The van der Waals surface area contributed by atoms with Crippen LogP contribution in [0.15, 0.2) is 30.3 Å². The zero-order valence-electron chi connectivity index (χ0n) is 15.0. The normalized spacial score (nSPS) is 11.7. The third-order valence-corrected chi connectivity index (χ3v) is 3.56. The molecule has 11 heteroatoms. The van der Waals surface area contributed by atoms with Gasteiger partial charge in [-0.05, 0) is 37.3 Å². The first-order valence-corrected chi connectivity index (χ1v) is 7.92. The maximum atomic E-state index is 13.6. The van der Waals surface area contributed by atoms with Crippen molar-refractivity contribution in [2.45, 2.75) is 19.6 Å². The van der Waals surface area contributed by atoms with Crippen molar-refractivity contribution in [1.29, 1.82) is 0 Å². The topological polar surface area (TPSA) is 73.9 Å². The van der Waals surface area contributed by atoms with E-state index in [4.69, 9.17) is 9.47 Å². The van der Waals surface area contributed by atoms with E-state index in [0.29, 0.717) is 6.07 Å². The van der Waals surface area contributed by atoms with E-state index >= 15 is 0 Å². The second-order valence-corrected chi connectivity index (χ2v) is 5.50. The zero-order chi connectivity index (χ0) is 21.7. The molecule has 0 aliphatic carbocycles.